The van der Waals surface area contributed by atoms with Crippen LogP contribution in [0, 0.1) is 5.41 Å². The number of nitrogens with zero attached hydrogens (tertiary/aromatic N) is 2. The molecule has 2 heterocycles. The standard InChI is InChI=1S/C24H32N2O2S/c1-17(18-10-6-5-7-11-18)9-8-12-20-16-29-22(25-20)19-13-14-26(23(27)28)21(15-19)24(2,3)4/h5-8,10-12,16-17,19,21H,9,13-15H2,1-4H3,(H,27,28). The molecule has 0 saturated carbocycles. The summed E-state index contributed by atoms with van der Waals surface area (Å²) in [6.07, 6.45) is 6.20. The second kappa shape index (κ2) is 9.12. The first-order chi connectivity index (χ1) is 13.8. The van der Waals surface area contributed by atoms with E-state index in [1.54, 1.807) is 16.2 Å². The molecule has 3 unspecified atom stereocenters. The zero-order valence-corrected chi connectivity index (χ0v) is 18.7. The van der Waals surface area contributed by atoms with E-state index in [0.29, 0.717) is 18.4 Å². The summed E-state index contributed by atoms with van der Waals surface area (Å²) in [7, 11) is 0. The molecule has 1 aromatic heterocycles. The van der Waals surface area contributed by atoms with E-state index in [0.717, 1.165) is 30.0 Å². The third kappa shape index (κ3) is 5.47. The van der Waals surface area contributed by atoms with Crippen molar-refractivity contribution in [1.29, 1.82) is 0 Å². The number of amides is 1. The first kappa shape index (κ1) is 21.6. The summed E-state index contributed by atoms with van der Waals surface area (Å²) in [5.74, 6) is 0.823. The Labute approximate surface area is 178 Å². The summed E-state index contributed by atoms with van der Waals surface area (Å²) in [5, 5.41) is 12.8. The van der Waals surface area contributed by atoms with Crippen LogP contribution < -0.4 is 0 Å². The Morgan fingerprint density at radius 1 is 1.34 bits per heavy atom. The lowest BCUT2D eigenvalue weighted by molar-refractivity contribution is 0.0525. The maximum Gasteiger partial charge on any atom is 0.407 e. The Balaban J connectivity index is 1.63. The van der Waals surface area contributed by atoms with Crippen LogP contribution in [0.5, 0.6) is 0 Å². The summed E-state index contributed by atoms with van der Waals surface area (Å²) < 4.78 is 0. The van der Waals surface area contributed by atoms with Crippen molar-refractivity contribution in [3.05, 3.63) is 58.1 Å². The molecular weight excluding hydrogens is 380 g/mol. The normalized spacial score (nSPS) is 21.4. The van der Waals surface area contributed by atoms with E-state index in [1.807, 2.05) is 6.07 Å². The molecule has 0 spiro atoms. The number of piperidine rings is 1. The predicted octanol–water partition coefficient (Wildman–Crippen LogP) is 6.62. The Kier molecular flexibility index (Phi) is 6.78. The third-order valence-corrected chi connectivity index (χ3v) is 6.91. The van der Waals surface area contributed by atoms with Gasteiger partial charge in [0.15, 0.2) is 0 Å². The number of likely N-dealkylation sites (tertiary alicyclic amines) is 1. The maximum atomic E-state index is 11.6. The molecule has 5 heteroatoms. The van der Waals surface area contributed by atoms with Crippen molar-refractivity contribution >= 4 is 23.5 Å². The van der Waals surface area contributed by atoms with Gasteiger partial charge in [0.1, 0.15) is 0 Å². The van der Waals surface area contributed by atoms with Gasteiger partial charge in [0, 0.05) is 23.9 Å². The molecule has 1 saturated heterocycles. The minimum absolute atomic E-state index is 0.0216. The van der Waals surface area contributed by atoms with Gasteiger partial charge in [0.05, 0.1) is 10.7 Å². The van der Waals surface area contributed by atoms with Crippen LogP contribution in [0.15, 0.2) is 41.8 Å². The van der Waals surface area contributed by atoms with Crippen molar-refractivity contribution in [1.82, 2.24) is 9.88 Å². The first-order valence-electron chi connectivity index (χ1n) is 10.4. The monoisotopic (exact) mass is 412 g/mol. The number of hydrogen-bond acceptors (Lipinski definition) is 3. The summed E-state index contributed by atoms with van der Waals surface area (Å²) >= 11 is 1.71. The van der Waals surface area contributed by atoms with Crippen LogP contribution in [0.25, 0.3) is 6.08 Å². The molecule has 4 nitrogen and oxygen atoms in total. The number of rotatable bonds is 5. The second-order valence-electron chi connectivity index (χ2n) is 9.14. The van der Waals surface area contributed by atoms with Crippen molar-refractivity contribution in [2.24, 2.45) is 5.41 Å². The van der Waals surface area contributed by atoms with Gasteiger partial charge in [-0.2, -0.15) is 0 Å². The molecule has 1 fully saturated rings. The van der Waals surface area contributed by atoms with Crippen LogP contribution in [0.1, 0.15) is 75.1 Å². The lowest BCUT2D eigenvalue weighted by Crippen LogP contribution is -2.51. The van der Waals surface area contributed by atoms with Gasteiger partial charge in [-0.25, -0.2) is 9.78 Å². The summed E-state index contributed by atoms with van der Waals surface area (Å²) in [6, 6.07) is 10.6. The molecule has 3 atom stereocenters. The van der Waals surface area contributed by atoms with E-state index in [9.17, 15) is 9.90 Å². The Morgan fingerprint density at radius 3 is 2.72 bits per heavy atom. The average Bonchev–Trinajstić information content (AvgIpc) is 3.16. The molecule has 29 heavy (non-hydrogen) atoms. The van der Waals surface area contributed by atoms with Crippen LogP contribution in [0.2, 0.25) is 0 Å². The fourth-order valence-corrected chi connectivity index (χ4v) is 5.05. The number of hydrogen-bond donors (Lipinski definition) is 1. The molecule has 3 rings (SSSR count). The van der Waals surface area contributed by atoms with Crippen molar-refractivity contribution in [2.45, 2.75) is 64.8 Å². The Morgan fingerprint density at radius 2 is 2.07 bits per heavy atom. The second-order valence-corrected chi connectivity index (χ2v) is 10.0. The van der Waals surface area contributed by atoms with E-state index in [1.165, 1.54) is 5.56 Å². The molecule has 0 radical (unpaired) electrons. The molecule has 1 amide bonds. The highest BCUT2D eigenvalue weighted by Crippen LogP contribution is 2.40. The molecule has 0 aliphatic carbocycles. The van der Waals surface area contributed by atoms with E-state index in [-0.39, 0.29) is 11.5 Å². The lowest BCUT2D eigenvalue weighted by atomic mass is 9.77. The van der Waals surface area contributed by atoms with Crippen LogP contribution in [0.4, 0.5) is 4.79 Å². The van der Waals surface area contributed by atoms with Gasteiger partial charge in [-0.15, -0.1) is 11.3 Å². The van der Waals surface area contributed by atoms with Crippen molar-refractivity contribution < 1.29 is 9.90 Å². The van der Waals surface area contributed by atoms with Gasteiger partial charge in [0.25, 0.3) is 0 Å². The SMILES string of the molecule is CC(CC=Cc1csc(C2CCN(C(=O)O)C(C(C)(C)C)C2)n1)c1ccccc1. The predicted molar refractivity (Wildman–Crippen MR) is 121 cm³/mol. The van der Waals surface area contributed by atoms with E-state index >= 15 is 0 Å². The van der Waals surface area contributed by atoms with Gasteiger partial charge in [0.2, 0.25) is 0 Å². The zero-order chi connectivity index (χ0) is 21.0. The molecule has 1 aliphatic heterocycles. The van der Waals surface area contributed by atoms with Crippen molar-refractivity contribution in [3.63, 3.8) is 0 Å². The van der Waals surface area contributed by atoms with Gasteiger partial charge >= 0.3 is 6.09 Å². The highest BCUT2D eigenvalue weighted by molar-refractivity contribution is 7.09. The number of allylic oxidation sites excluding steroid dienone is 1. The van der Waals surface area contributed by atoms with Crippen LogP contribution >= 0.6 is 11.3 Å². The van der Waals surface area contributed by atoms with Crippen molar-refractivity contribution in [2.75, 3.05) is 6.54 Å². The average molecular weight is 413 g/mol. The van der Waals surface area contributed by atoms with Gasteiger partial charge < -0.3 is 10.0 Å². The fraction of sp³-hybridized carbons (Fsp3) is 0.500. The molecule has 0 bridgehead atoms. The summed E-state index contributed by atoms with van der Waals surface area (Å²) in [4.78, 5) is 18.1. The zero-order valence-electron chi connectivity index (χ0n) is 17.8. The minimum atomic E-state index is -0.807. The number of benzene rings is 1. The number of carbonyl (C=O) groups is 1. The summed E-state index contributed by atoms with van der Waals surface area (Å²) in [5.41, 5.74) is 2.29. The van der Waals surface area contributed by atoms with Crippen LogP contribution in [-0.2, 0) is 0 Å². The summed E-state index contributed by atoms with van der Waals surface area (Å²) in [6.45, 7) is 9.20. The van der Waals surface area contributed by atoms with Crippen LogP contribution in [-0.4, -0.2) is 33.7 Å². The van der Waals surface area contributed by atoms with Crippen LogP contribution in [0.3, 0.4) is 0 Å². The molecule has 1 N–H and O–H groups in total. The lowest BCUT2D eigenvalue weighted by Gasteiger charge is -2.44. The number of thiazole rings is 1. The number of aromatic nitrogens is 1. The molecular formula is C24H32N2O2S. The van der Waals surface area contributed by atoms with Gasteiger partial charge in [-0.1, -0.05) is 64.1 Å². The number of carboxylic acid groups (broad SMARTS) is 1. The molecule has 156 valence electrons. The fourth-order valence-electron chi connectivity index (χ4n) is 4.11. The highest BCUT2D eigenvalue weighted by atomic mass is 32.1. The minimum Gasteiger partial charge on any atom is -0.465 e. The van der Waals surface area contributed by atoms with Crippen molar-refractivity contribution in [3.8, 4) is 0 Å². The highest BCUT2D eigenvalue weighted by Gasteiger charge is 2.39. The Bertz CT molecular complexity index is 838. The van der Waals surface area contributed by atoms with E-state index in [2.05, 4.69) is 69.5 Å². The van der Waals surface area contributed by atoms with Gasteiger partial charge in [-0.05, 0) is 42.2 Å². The topological polar surface area (TPSA) is 53.4 Å². The van der Waals surface area contributed by atoms with E-state index in [4.69, 9.17) is 4.98 Å². The third-order valence-electron chi connectivity index (χ3n) is 5.88. The molecule has 2 aromatic rings. The maximum absolute atomic E-state index is 11.6. The first-order valence-corrected chi connectivity index (χ1v) is 11.3. The van der Waals surface area contributed by atoms with Gasteiger partial charge in [-0.3, -0.25) is 0 Å². The largest absolute Gasteiger partial charge is 0.465 e. The molecule has 1 aromatic carbocycles. The smallest absolute Gasteiger partial charge is 0.407 e. The Hall–Kier alpha value is -2.14. The van der Waals surface area contributed by atoms with E-state index < -0.39 is 6.09 Å². The molecule has 1 aliphatic rings. The quantitative estimate of drug-likeness (QED) is 0.600.